The predicted molar refractivity (Wildman–Crippen MR) is 86.0 cm³/mol. The monoisotopic (exact) mass is 287 g/mol. The molecule has 1 aliphatic rings. The van der Waals surface area contributed by atoms with Gasteiger partial charge in [-0.05, 0) is 12.1 Å². The van der Waals surface area contributed by atoms with Crippen LogP contribution in [0.4, 0.5) is 0 Å². The van der Waals surface area contributed by atoms with Gasteiger partial charge in [-0.2, -0.15) is 0 Å². The van der Waals surface area contributed by atoms with Crippen molar-refractivity contribution >= 4 is 28.5 Å². The van der Waals surface area contributed by atoms with E-state index >= 15 is 0 Å². The minimum atomic E-state index is -0.187. The lowest BCUT2D eigenvalue weighted by atomic mass is 10.1. The van der Waals surface area contributed by atoms with Gasteiger partial charge in [-0.1, -0.05) is 42.5 Å². The Morgan fingerprint density at radius 2 is 1.45 bits per heavy atom. The fourth-order valence-electron chi connectivity index (χ4n) is 3.05. The second kappa shape index (κ2) is 4.53. The number of carbonyl (C=O) groups excluding carboxylic acids is 2. The van der Waals surface area contributed by atoms with E-state index in [9.17, 15) is 9.59 Å². The van der Waals surface area contributed by atoms with Crippen LogP contribution in [0.15, 0.2) is 60.3 Å². The van der Waals surface area contributed by atoms with Gasteiger partial charge >= 0.3 is 0 Å². The first-order chi connectivity index (χ1) is 10.7. The molecule has 0 bridgehead atoms. The van der Waals surface area contributed by atoms with Crippen molar-refractivity contribution in [1.82, 2.24) is 4.57 Å². The molecule has 2 aromatic carbocycles. The van der Waals surface area contributed by atoms with E-state index in [-0.39, 0.29) is 17.1 Å². The lowest BCUT2D eigenvalue weighted by Crippen LogP contribution is -2.00. The van der Waals surface area contributed by atoms with Crippen molar-refractivity contribution in [2.45, 2.75) is 0 Å². The summed E-state index contributed by atoms with van der Waals surface area (Å²) in [6, 6.07) is 14.9. The van der Waals surface area contributed by atoms with Crippen molar-refractivity contribution in [1.29, 1.82) is 0 Å². The molecule has 3 nitrogen and oxygen atoms in total. The third-order valence-electron chi connectivity index (χ3n) is 4.13. The van der Waals surface area contributed by atoms with Crippen LogP contribution < -0.4 is 0 Å². The van der Waals surface area contributed by atoms with E-state index in [1.165, 1.54) is 0 Å². The summed E-state index contributed by atoms with van der Waals surface area (Å²) in [5.74, 6) is -0.373. The van der Waals surface area contributed by atoms with Crippen LogP contribution in [0.5, 0.6) is 0 Å². The lowest BCUT2D eigenvalue weighted by Gasteiger charge is -1.95. The second-order valence-electron chi connectivity index (χ2n) is 5.47. The number of aryl methyl sites for hydroxylation is 1. The minimum absolute atomic E-state index is 0.187. The van der Waals surface area contributed by atoms with Gasteiger partial charge in [-0.3, -0.25) is 9.59 Å². The normalized spacial score (nSPS) is 13.8. The molecule has 1 aromatic heterocycles. The molecule has 106 valence electrons. The SMILES string of the molecule is Cn1cc(C=C2C(=O)c3ccccc3C2=O)c2ccccc21. The van der Waals surface area contributed by atoms with Crippen molar-refractivity contribution in [2.75, 3.05) is 0 Å². The lowest BCUT2D eigenvalue weighted by molar-refractivity contribution is 0.0990. The summed E-state index contributed by atoms with van der Waals surface area (Å²) in [5.41, 5.74) is 3.21. The third-order valence-corrected chi connectivity index (χ3v) is 4.13. The van der Waals surface area contributed by atoms with Crippen LogP contribution in [0.3, 0.4) is 0 Å². The van der Waals surface area contributed by atoms with E-state index in [2.05, 4.69) is 0 Å². The maximum atomic E-state index is 12.5. The maximum Gasteiger partial charge on any atom is 0.197 e. The zero-order valence-corrected chi connectivity index (χ0v) is 12.0. The average molecular weight is 287 g/mol. The van der Waals surface area contributed by atoms with Gasteiger partial charge in [-0.25, -0.2) is 0 Å². The molecule has 0 radical (unpaired) electrons. The van der Waals surface area contributed by atoms with Crippen molar-refractivity contribution in [3.8, 4) is 0 Å². The molecule has 0 saturated carbocycles. The summed E-state index contributed by atoms with van der Waals surface area (Å²) in [5, 5.41) is 1.04. The number of hydrogen-bond acceptors (Lipinski definition) is 2. The molecular formula is C19H13NO2. The molecular weight excluding hydrogens is 274 g/mol. The quantitative estimate of drug-likeness (QED) is 0.506. The number of aromatic nitrogens is 1. The number of ketones is 2. The molecule has 22 heavy (non-hydrogen) atoms. The van der Waals surface area contributed by atoms with Crippen molar-refractivity contribution < 1.29 is 9.59 Å². The highest BCUT2D eigenvalue weighted by Crippen LogP contribution is 2.30. The standard InChI is InChI=1S/C19H13NO2/c1-20-11-12(13-6-4-5-9-17(13)20)10-16-18(21)14-7-2-3-8-15(14)19(16)22/h2-11H,1H3. The number of benzene rings is 2. The molecule has 0 unspecified atom stereocenters. The van der Waals surface area contributed by atoms with Gasteiger partial charge in [0.15, 0.2) is 11.6 Å². The zero-order chi connectivity index (χ0) is 15.3. The molecule has 3 heteroatoms. The summed E-state index contributed by atoms with van der Waals surface area (Å²) < 4.78 is 2.00. The van der Waals surface area contributed by atoms with Gasteiger partial charge in [0.25, 0.3) is 0 Å². The first-order valence-corrected chi connectivity index (χ1v) is 7.11. The Labute approximate surface area is 127 Å². The predicted octanol–water partition coefficient (Wildman–Crippen LogP) is 3.64. The molecule has 1 heterocycles. The molecule has 0 amide bonds. The second-order valence-corrected chi connectivity index (χ2v) is 5.47. The highest BCUT2D eigenvalue weighted by Gasteiger charge is 2.32. The first kappa shape index (κ1) is 12.8. The Morgan fingerprint density at radius 3 is 2.14 bits per heavy atom. The summed E-state index contributed by atoms with van der Waals surface area (Å²) in [6.07, 6.45) is 3.66. The van der Waals surface area contributed by atoms with Gasteiger partial charge in [0.05, 0.1) is 5.57 Å². The molecule has 0 spiro atoms. The number of carbonyl (C=O) groups is 2. The fraction of sp³-hybridized carbons (Fsp3) is 0.0526. The average Bonchev–Trinajstić information content (AvgIpc) is 2.99. The summed E-state index contributed by atoms with van der Waals surface area (Å²) in [7, 11) is 1.96. The maximum absolute atomic E-state index is 12.5. The first-order valence-electron chi connectivity index (χ1n) is 7.11. The smallest absolute Gasteiger partial charge is 0.197 e. The fourth-order valence-corrected chi connectivity index (χ4v) is 3.05. The van der Waals surface area contributed by atoms with Gasteiger partial charge in [0, 0.05) is 40.8 Å². The van der Waals surface area contributed by atoms with E-state index in [1.54, 1.807) is 30.3 Å². The molecule has 0 N–H and O–H groups in total. The largest absolute Gasteiger partial charge is 0.350 e. The number of para-hydroxylation sites is 1. The van der Waals surface area contributed by atoms with Gasteiger partial charge in [-0.15, -0.1) is 0 Å². The third kappa shape index (κ3) is 1.69. The number of rotatable bonds is 1. The van der Waals surface area contributed by atoms with Crippen LogP contribution in [0.2, 0.25) is 0 Å². The zero-order valence-electron chi connectivity index (χ0n) is 12.0. The van der Waals surface area contributed by atoms with Crippen LogP contribution in [-0.2, 0) is 7.05 Å². The number of fused-ring (bicyclic) bond motifs is 2. The molecule has 4 rings (SSSR count). The van der Waals surface area contributed by atoms with Gasteiger partial charge in [0.2, 0.25) is 0 Å². The van der Waals surface area contributed by atoms with E-state index in [1.807, 2.05) is 42.1 Å². The highest BCUT2D eigenvalue weighted by molar-refractivity contribution is 6.41. The number of Topliss-reactive ketones (excluding diaryl/α,β-unsaturated/α-hetero) is 2. The minimum Gasteiger partial charge on any atom is -0.350 e. The Balaban J connectivity index is 1.91. The van der Waals surface area contributed by atoms with E-state index in [0.29, 0.717) is 11.1 Å². The van der Waals surface area contributed by atoms with Crippen LogP contribution in [0.25, 0.3) is 17.0 Å². The van der Waals surface area contributed by atoms with E-state index < -0.39 is 0 Å². The summed E-state index contributed by atoms with van der Waals surface area (Å²) in [6.45, 7) is 0. The molecule has 0 atom stereocenters. The van der Waals surface area contributed by atoms with Crippen molar-refractivity contribution in [2.24, 2.45) is 7.05 Å². The van der Waals surface area contributed by atoms with Crippen LogP contribution >= 0.6 is 0 Å². The van der Waals surface area contributed by atoms with Gasteiger partial charge < -0.3 is 4.57 Å². The molecule has 3 aromatic rings. The molecule has 0 aliphatic heterocycles. The summed E-state index contributed by atoms with van der Waals surface area (Å²) >= 11 is 0. The van der Waals surface area contributed by atoms with E-state index in [4.69, 9.17) is 0 Å². The van der Waals surface area contributed by atoms with E-state index in [0.717, 1.165) is 16.5 Å². The Hall–Kier alpha value is -2.94. The Morgan fingerprint density at radius 1 is 0.864 bits per heavy atom. The molecule has 1 aliphatic carbocycles. The van der Waals surface area contributed by atoms with Crippen molar-refractivity contribution in [3.05, 3.63) is 77.0 Å². The number of allylic oxidation sites excluding steroid dienone is 1. The number of hydrogen-bond donors (Lipinski definition) is 0. The highest BCUT2D eigenvalue weighted by atomic mass is 16.2. The van der Waals surface area contributed by atoms with Crippen molar-refractivity contribution in [3.63, 3.8) is 0 Å². The summed E-state index contributed by atoms with van der Waals surface area (Å²) in [4.78, 5) is 24.9. The Kier molecular flexibility index (Phi) is 2.63. The van der Waals surface area contributed by atoms with Gasteiger partial charge in [0.1, 0.15) is 0 Å². The number of nitrogens with zero attached hydrogens (tertiary/aromatic N) is 1. The van der Waals surface area contributed by atoms with Crippen LogP contribution in [-0.4, -0.2) is 16.1 Å². The molecule has 0 saturated heterocycles. The Bertz CT molecular complexity index is 939. The topological polar surface area (TPSA) is 39.1 Å². The molecule has 0 fully saturated rings. The van der Waals surface area contributed by atoms with Crippen LogP contribution in [0, 0.1) is 0 Å². The van der Waals surface area contributed by atoms with Crippen LogP contribution in [0.1, 0.15) is 26.3 Å².